The third-order valence-corrected chi connectivity index (χ3v) is 3.50. The number of hydrogen-bond donors (Lipinski definition) is 3. The van der Waals surface area contributed by atoms with Crippen molar-refractivity contribution >= 4 is 47.8 Å². The number of nitrogens with zero attached hydrogens (tertiary/aromatic N) is 1. The zero-order chi connectivity index (χ0) is 18.1. The van der Waals surface area contributed by atoms with Crippen LogP contribution in [-0.4, -0.2) is 17.1 Å². The second kappa shape index (κ2) is 6.65. The molecule has 128 valence electrons. The number of carbonyl (C=O) groups excluding carboxylic acids is 1. The van der Waals surface area contributed by atoms with Crippen LogP contribution in [0.4, 0.5) is 29.3 Å². The van der Waals surface area contributed by atoms with Gasteiger partial charge in [-0.1, -0.05) is 24.4 Å². The summed E-state index contributed by atoms with van der Waals surface area (Å²) in [5.41, 5.74) is -1.29. The summed E-state index contributed by atoms with van der Waals surface area (Å²) in [5, 5.41) is 10.4. The van der Waals surface area contributed by atoms with Crippen molar-refractivity contribution in [1.82, 2.24) is 0 Å². The molecule has 0 fully saturated rings. The van der Waals surface area contributed by atoms with Crippen molar-refractivity contribution in [2.75, 3.05) is 9.62 Å². The number of carboxylic acid groups (broad SMARTS) is 1. The van der Waals surface area contributed by atoms with Crippen LogP contribution in [0.1, 0.15) is 16.1 Å². The second-order valence-corrected chi connectivity index (χ2v) is 5.22. The molecule has 0 spiro atoms. The molecule has 0 atom stereocenters. The van der Waals surface area contributed by atoms with Gasteiger partial charge in [-0.25, -0.2) is 13.9 Å². The highest BCUT2D eigenvalue weighted by atomic mass is 35.5. The molecule has 11 heteroatoms. The van der Waals surface area contributed by atoms with Crippen molar-refractivity contribution in [3.63, 3.8) is 0 Å². The fraction of sp³-hybridized carbons (Fsp3) is 0.0769. The molecule has 0 unspecified atom stereocenters. The number of carboxylic acids is 1. The minimum Gasteiger partial charge on any atom is -0.475 e. The number of rotatable bonds is 3. The van der Waals surface area contributed by atoms with Gasteiger partial charge >= 0.3 is 18.2 Å². The van der Waals surface area contributed by atoms with E-state index in [1.165, 1.54) is 6.07 Å². The molecule has 0 saturated carbocycles. The van der Waals surface area contributed by atoms with Crippen LogP contribution >= 0.6 is 24.4 Å². The van der Waals surface area contributed by atoms with E-state index in [0.717, 1.165) is 18.4 Å². The maximum Gasteiger partial charge on any atom is 0.417 e. The average Bonchev–Trinajstić information content (AvgIpc) is 2.97. The summed E-state index contributed by atoms with van der Waals surface area (Å²) in [6.07, 6.45) is -3.72. The van der Waals surface area contributed by atoms with E-state index in [-0.39, 0.29) is 11.4 Å². The number of anilines is 2. The number of hydrogen-bond acceptors (Lipinski definition) is 4. The number of carbonyl (C=O) groups is 2. The molecular formula is C13H8ClF3N2O4S. The maximum absolute atomic E-state index is 12.8. The molecule has 0 saturated heterocycles. The lowest BCUT2D eigenvalue weighted by molar-refractivity contribution is -0.137. The minimum absolute atomic E-state index is 0.0155. The SMILES string of the molecule is O=C(O)c1cc(N(S)C(=O)Nc2ccc(Cl)c(C(F)(F)F)c2)co1. The lowest BCUT2D eigenvalue weighted by Crippen LogP contribution is -2.26. The summed E-state index contributed by atoms with van der Waals surface area (Å²) in [5.74, 6) is -1.78. The van der Waals surface area contributed by atoms with Crippen molar-refractivity contribution in [3.8, 4) is 0 Å². The number of alkyl halides is 3. The molecule has 1 heterocycles. The highest BCUT2D eigenvalue weighted by molar-refractivity contribution is 7.82. The first kappa shape index (κ1) is 18.0. The molecule has 0 aliphatic carbocycles. The first-order valence-electron chi connectivity index (χ1n) is 6.08. The lowest BCUT2D eigenvalue weighted by atomic mass is 10.2. The smallest absolute Gasteiger partial charge is 0.417 e. The Morgan fingerprint density at radius 3 is 2.50 bits per heavy atom. The van der Waals surface area contributed by atoms with E-state index < -0.39 is 34.5 Å². The van der Waals surface area contributed by atoms with Crippen molar-refractivity contribution in [2.24, 2.45) is 0 Å². The number of benzene rings is 1. The van der Waals surface area contributed by atoms with Gasteiger partial charge in [-0.05, 0) is 18.2 Å². The Balaban J connectivity index is 2.18. The number of thiol groups is 1. The van der Waals surface area contributed by atoms with E-state index in [0.29, 0.717) is 10.4 Å². The molecule has 2 aromatic rings. The molecule has 2 rings (SSSR count). The van der Waals surface area contributed by atoms with E-state index in [2.05, 4.69) is 18.1 Å². The van der Waals surface area contributed by atoms with Crippen molar-refractivity contribution in [2.45, 2.75) is 6.18 Å². The van der Waals surface area contributed by atoms with Gasteiger partial charge in [-0.15, -0.1) is 0 Å². The highest BCUT2D eigenvalue weighted by Crippen LogP contribution is 2.36. The standard InChI is InChI=1S/C13H8ClF3N2O4S/c14-9-2-1-6(3-8(9)13(15,16)17)18-12(22)19(24)7-4-10(11(20)21)23-5-7/h1-5,24H,(H,18,22)(H,20,21). The molecule has 0 aliphatic rings. The Morgan fingerprint density at radius 1 is 1.29 bits per heavy atom. The van der Waals surface area contributed by atoms with E-state index in [1.807, 2.05) is 0 Å². The van der Waals surface area contributed by atoms with Crippen LogP contribution in [-0.2, 0) is 6.18 Å². The van der Waals surface area contributed by atoms with E-state index in [4.69, 9.17) is 21.1 Å². The first-order valence-corrected chi connectivity index (χ1v) is 6.86. The van der Waals surface area contributed by atoms with E-state index in [9.17, 15) is 22.8 Å². The van der Waals surface area contributed by atoms with Gasteiger partial charge in [0.05, 0.1) is 16.3 Å². The van der Waals surface area contributed by atoms with E-state index in [1.54, 1.807) is 0 Å². The molecule has 1 aromatic heterocycles. The quantitative estimate of drug-likeness (QED) is 0.683. The first-order chi connectivity index (χ1) is 11.1. The Hall–Kier alpha value is -2.33. The van der Waals surface area contributed by atoms with Crippen molar-refractivity contribution in [1.29, 1.82) is 0 Å². The fourth-order valence-corrected chi connectivity index (χ4v) is 2.04. The molecule has 0 radical (unpaired) electrons. The van der Waals surface area contributed by atoms with Crippen LogP contribution in [0, 0.1) is 0 Å². The fourth-order valence-electron chi connectivity index (χ4n) is 1.66. The zero-order valence-electron chi connectivity index (χ0n) is 11.5. The van der Waals surface area contributed by atoms with Crippen LogP contribution in [0.25, 0.3) is 0 Å². The monoisotopic (exact) mass is 380 g/mol. The Morgan fingerprint density at radius 2 is 1.96 bits per heavy atom. The summed E-state index contributed by atoms with van der Waals surface area (Å²) in [4.78, 5) is 22.7. The molecule has 2 N–H and O–H groups in total. The molecule has 0 bridgehead atoms. The van der Waals surface area contributed by atoms with Gasteiger partial charge in [0.1, 0.15) is 6.26 Å². The summed E-state index contributed by atoms with van der Waals surface area (Å²) in [6, 6.07) is 2.93. The molecular weight excluding hydrogens is 373 g/mol. The van der Waals surface area contributed by atoms with Gasteiger partial charge in [0.25, 0.3) is 0 Å². The number of urea groups is 1. The van der Waals surface area contributed by atoms with Crippen LogP contribution in [0.3, 0.4) is 0 Å². The van der Waals surface area contributed by atoms with Gasteiger partial charge < -0.3 is 14.8 Å². The van der Waals surface area contributed by atoms with Crippen LogP contribution in [0.15, 0.2) is 34.9 Å². The molecule has 24 heavy (non-hydrogen) atoms. The Bertz CT molecular complexity index is 794. The zero-order valence-corrected chi connectivity index (χ0v) is 13.1. The van der Waals surface area contributed by atoms with Gasteiger partial charge in [0.15, 0.2) is 0 Å². The number of halogens is 4. The molecule has 6 nitrogen and oxygen atoms in total. The minimum atomic E-state index is -4.68. The normalized spacial score (nSPS) is 11.2. The third kappa shape index (κ3) is 3.95. The predicted molar refractivity (Wildman–Crippen MR) is 82.6 cm³/mol. The van der Waals surface area contributed by atoms with Crippen molar-refractivity contribution in [3.05, 3.63) is 46.9 Å². The molecule has 2 amide bonds. The highest BCUT2D eigenvalue weighted by Gasteiger charge is 2.33. The average molecular weight is 381 g/mol. The number of aromatic carboxylic acids is 1. The number of nitrogens with one attached hydrogen (secondary N) is 1. The van der Waals surface area contributed by atoms with Gasteiger partial charge in [0, 0.05) is 11.8 Å². The van der Waals surface area contributed by atoms with Crippen LogP contribution in [0.2, 0.25) is 5.02 Å². The maximum atomic E-state index is 12.8. The molecule has 0 aliphatic heterocycles. The summed E-state index contributed by atoms with van der Waals surface area (Å²) >= 11 is 9.33. The lowest BCUT2D eigenvalue weighted by Gasteiger charge is -2.16. The second-order valence-electron chi connectivity index (χ2n) is 4.41. The van der Waals surface area contributed by atoms with Gasteiger partial charge in [-0.2, -0.15) is 13.2 Å². The summed E-state index contributed by atoms with van der Waals surface area (Å²) in [6.45, 7) is 0. The number of furan rings is 1. The largest absolute Gasteiger partial charge is 0.475 e. The van der Waals surface area contributed by atoms with Crippen molar-refractivity contribution < 1.29 is 32.3 Å². The Labute approximate surface area is 143 Å². The summed E-state index contributed by atoms with van der Waals surface area (Å²) < 4.78 is 43.7. The van der Waals surface area contributed by atoms with Gasteiger partial charge in [0.2, 0.25) is 5.76 Å². The van der Waals surface area contributed by atoms with E-state index >= 15 is 0 Å². The predicted octanol–water partition coefficient (Wildman–Crippen LogP) is 4.53. The summed E-state index contributed by atoms with van der Waals surface area (Å²) in [7, 11) is 0. The van der Waals surface area contributed by atoms with Gasteiger partial charge in [-0.3, -0.25) is 0 Å². The molecule has 1 aromatic carbocycles. The Kier molecular flexibility index (Phi) is 4.99. The topological polar surface area (TPSA) is 82.8 Å². The third-order valence-electron chi connectivity index (χ3n) is 2.76. The van der Waals surface area contributed by atoms with Crippen LogP contribution < -0.4 is 9.62 Å². The van der Waals surface area contributed by atoms with Crippen LogP contribution in [0.5, 0.6) is 0 Å². The number of amides is 2.